The number of benzene rings is 2. The van der Waals surface area contributed by atoms with Crippen molar-refractivity contribution < 1.29 is 9.90 Å². The molecule has 0 unspecified atom stereocenters. The fourth-order valence-electron chi connectivity index (χ4n) is 4.25. The molecule has 5 rings (SSSR count). The average Bonchev–Trinajstić information content (AvgIpc) is 3.31. The lowest BCUT2D eigenvalue weighted by atomic mass is 10.0. The van der Waals surface area contributed by atoms with Gasteiger partial charge in [0.25, 0.3) is 0 Å². The van der Waals surface area contributed by atoms with Crippen LogP contribution in [-0.4, -0.2) is 43.7 Å². The maximum Gasteiger partial charge on any atom is 0.407 e. The van der Waals surface area contributed by atoms with E-state index in [1.807, 2.05) is 31.3 Å². The van der Waals surface area contributed by atoms with Crippen molar-refractivity contribution in [1.82, 2.24) is 19.4 Å². The molecule has 0 spiro atoms. The van der Waals surface area contributed by atoms with Crippen LogP contribution >= 0.6 is 0 Å². The molecule has 1 atom stereocenters. The molecular formula is C22H20N4O2. The van der Waals surface area contributed by atoms with Crippen molar-refractivity contribution in [3.8, 4) is 11.1 Å². The molecular weight excluding hydrogens is 352 g/mol. The molecule has 140 valence electrons. The number of hydrogen-bond acceptors (Lipinski definition) is 3. The zero-order chi connectivity index (χ0) is 19.3. The number of amides is 1. The molecule has 1 saturated heterocycles. The highest BCUT2D eigenvalue weighted by atomic mass is 16.4. The number of hydrogen-bond donors (Lipinski definition) is 1. The van der Waals surface area contributed by atoms with Crippen molar-refractivity contribution in [3.63, 3.8) is 0 Å². The quantitative estimate of drug-likeness (QED) is 0.563. The zero-order valence-electron chi connectivity index (χ0n) is 15.5. The third-order valence-electron chi connectivity index (χ3n) is 5.61. The van der Waals surface area contributed by atoms with Crippen LogP contribution in [0.25, 0.3) is 33.1 Å². The number of nitrogens with zero attached hydrogens (tertiary/aromatic N) is 4. The van der Waals surface area contributed by atoms with Gasteiger partial charge in [-0.05, 0) is 41.8 Å². The van der Waals surface area contributed by atoms with Crippen LogP contribution in [0.4, 0.5) is 4.79 Å². The van der Waals surface area contributed by atoms with Crippen LogP contribution in [0.5, 0.6) is 0 Å². The van der Waals surface area contributed by atoms with Crippen molar-refractivity contribution >= 4 is 28.0 Å². The highest BCUT2D eigenvalue weighted by Gasteiger charge is 2.30. The van der Waals surface area contributed by atoms with E-state index in [0.29, 0.717) is 13.1 Å². The standard InChI is InChI=1S/C22H20N4O2/c1-14-24-20-19(17-7-6-15-4-2-3-5-16(15)12-17)8-10-23-21(20)26(14)18-9-11-25(13-18)22(27)28/h2-8,10,12,18H,9,11,13H2,1H3,(H,27,28)/t18-/m0/s1. The molecule has 2 aromatic carbocycles. The Morgan fingerprint density at radius 2 is 1.96 bits per heavy atom. The molecule has 28 heavy (non-hydrogen) atoms. The van der Waals surface area contributed by atoms with Gasteiger partial charge in [0.2, 0.25) is 0 Å². The Morgan fingerprint density at radius 1 is 1.14 bits per heavy atom. The smallest absolute Gasteiger partial charge is 0.407 e. The number of aryl methyl sites for hydroxylation is 1. The monoisotopic (exact) mass is 372 g/mol. The Morgan fingerprint density at radius 3 is 2.75 bits per heavy atom. The van der Waals surface area contributed by atoms with Crippen LogP contribution in [0.3, 0.4) is 0 Å². The lowest BCUT2D eigenvalue weighted by molar-refractivity contribution is 0.154. The molecule has 2 aromatic heterocycles. The minimum atomic E-state index is -0.866. The fourth-order valence-corrected chi connectivity index (χ4v) is 4.25. The molecule has 0 saturated carbocycles. The summed E-state index contributed by atoms with van der Waals surface area (Å²) >= 11 is 0. The summed E-state index contributed by atoms with van der Waals surface area (Å²) in [6.45, 7) is 2.99. The van der Waals surface area contributed by atoms with Crippen molar-refractivity contribution in [2.24, 2.45) is 0 Å². The minimum absolute atomic E-state index is 0.0699. The van der Waals surface area contributed by atoms with E-state index in [-0.39, 0.29) is 6.04 Å². The molecule has 3 heterocycles. The molecule has 0 aliphatic carbocycles. The van der Waals surface area contributed by atoms with E-state index in [2.05, 4.69) is 39.9 Å². The topological polar surface area (TPSA) is 71.2 Å². The highest BCUT2D eigenvalue weighted by molar-refractivity contribution is 5.94. The molecule has 0 radical (unpaired) electrons. The molecule has 1 aliphatic rings. The summed E-state index contributed by atoms with van der Waals surface area (Å²) in [5, 5.41) is 11.7. The lowest BCUT2D eigenvalue weighted by Crippen LogP contribution is -2.27. The van der Waals surface area contributed by atoms with Crippen molar-refractivity contribution in [3.05, 3.63) is 60.6 Å². The minimum Gasteiger partial charge on any atom is -0.465 e. The second-order valence-corrected chi connectivity index (χ2v) is 7.29. The Kier molecular flexibility index (Phi) is 3.79. The van der Waals surface area contributed by atoms with Gasteiger partial charge < -0.3 is 14.6 Å². The normalized spacial score (nSPS) is 16.9. The molecule has 1 aliphatic heterocycles. The summed E-state index contributed by atoms with van der Waals surface area (Å²) in [6, 6.07) is 16.8. The van der Waals surface area contributed by atoms with E-state index in [4.69, 9.17) is 4.98 Å². The van der Waals surface area contributed by atoms with Crippen molar-refractivity contribution in [1.29, 1.82) is 0 Å². The van der Waals surface area contributed by atoms with Gasteiger partial charge in [0.1, 0.15) is 11.3 Å². The first-order chi connectivity index (χ1) is 13.6. The maximum absolute atomic E-state index is 11.3. The Bertz CT molecular complexity index is 1210. The van der Waals surface area contributed by atoms with Crippen molar-refractivity contribution in [2.75, 3.05) is 13.1 Å². The summed E-state index contributed by atoms with van der Waals surface area (Å²) < 4.78 is 2.10. The third-order valence-corrected chi connectivity index (χ3v) is 5.61. The number of aromatic nitrogens is 3. The van der Waals surface area contributed by atoms with Gasteiger partial charge in [0.15, 0.2) is 5.65 Å². The van der Waals surface area contributed by atoms with E-state index < -0.39 is 6.09 Å². The van der Waals surface area contributed by atoms with Gasteiger partial charge in [-0.15, -0.1) is 0 Å². The molecule has 0 bridgehead atoms. The van der Waals surface area contributed by atoms with Crippen LogP contribution < -0.4 is 0 Å². The number of carbonyl (C=O) groups is 1. The summed E-state index contributed by atoms with van der Waals surface area (Å²) in [4.78, 5) is 22.2. The Hall–Kier alpha value is -3.41. The first-order valence-electron chi connectivity index (χ1n) is 9.42. The predicted octanol–water partition coefficient (Wildman–Crippen LogP) is 4.48. The molecule has 4 aromatic rings. The first kappa shape index (κ1) is 16.7. The number of likely N-dealkylation sites (tertiary alicyclic amines) is 1. The van der Waals surface area contributed by atoms with Gasteiger partial charge in [0, 0.05) is 24.8 Å². The summed E-state index contributed by atoms with van der Waals surface area (Å²) in [6.07, 6.45) is 1.73. The highest BCUT2D eigenvalue weighted by Crippen LogP contribution is 2.33. The van der Waals surface area contributed by atoms with Gasteiger partial charge in [-0.25, -0.2) is 14.8 Å². The van der Waals surface area contributed by atoms with Gasteiger partial charge in [-0.3, -0.25) is 0 Å². The Balaban J connectivity index is 1.63. The van der Waals surface area contributed by atoms with E-state index in [0.717, 1.165) is 34.5 Å². The number of pyridine rings is 1. The van der Waals surface area contributed by atoms with Gasteiger partial charge in [-0.1, -0.05) is 36.4 Å². The molecule has 1 fully saturated rings. The first-order valence-corrected chi connectivity index (χ1v) is 9.42. The molecule has 6 nitrogen and oxygen atoms in total. The van der Waals surface area contributed by atoms with Crippen LogP contribution in [0.1, 0.15) is 18.3 Å². The molecule has 6 heteroatoms. The summed E-state index contributed by atoms with van der Waals surface area (Å²) in [5.74, 6) is 0.868. The van der Waals surface area contributed by atoms with Crippen LogP contribution in [0, 0.1) is 6.92 Å². The van der Waals surface area contributed by atoms with Gasteiger partial charge >= 0.3 is 6.09 Å². The number of fused-ring (bicyclic) bond motifs is 2. The molecule has 1 amide bonds. The maximum atomic E-state index is 11.3. The van der Waals surface area contributed by atoms with E-state index in [1.54, 1.807) is 0 Å². The van der Waals surface area contributed by atoms with E-state index in [9.17, 15) is 9.90 Å². The Labute approximate surface area is 162 Å². The van der Waals surface area contributed by atoms with E-state index in [1.165, 1.54) is 15.7 Å². The van der Waals surface area contributed by atoms with Gasteiger partial charge in [-0.2, -0.15) is 0 Å². The lowest BCUT2D eigenvalue weighted by Gasteiger charge is -2.15. The van der Waals surface area contributed by atoms with Gasteiger partial charge in [0.05, 0.1) is 6.04 Å². The SMILES string of the molecule is Cc1nc2c(-c3ccc4ccccc4c3)ccnc2n1[C@H]1CCN(C(=O)O)C1. The zero-order valence-corrected chi connectivity index (χ0v) is 15.5. The van der Waals surface area contributed by atoms with Crippen LogP contribution in [0.2, 0.25) is 0 Å². The number of carboxylic acid groups (broad SMARTS) is 1. The third kappa shape index (κ3) is 2.60. The average molecular weight is 372 g/mol. The predicted molar refractivity (Wildman–Crippen MR) is 108 cm³/mol. The van der Waals surface area contributed by atoms with Crippen LogP contribution in [-0.2, 0) is 0 Å². The van der Waals surface area contributed by atoms with E-state index >= 15 is 0 Å². The second kappa shape index (κ2) is 6.34. The number of rotatable bonds is 2. The second-order valence-electron chi connectivity index (χ2n) is 7.29. The van der Waals surface area contributed by atoms with Crippen LogP contribution in [0.15, 0.2) is 54.7 Å². The van der Waals surface area contributed by atoms with Crippen molar-refractivity contribution in [2.45, 2.75) is 19.4 Å². The molecule has 1 N–H and O–H groups in total. The fraction of sp³-hybridized carbons (Fsp3) is 0.227. The summed E-state index contributed by atoms with van der Waals surface area (Å²) in [7, 11) is 0. The number of imidazole rings is 1. The summed E-state index contributed by atoms with van der Waals surface area (Å²) in [5.41, 5.74) is 3.84. The largest absolute Gasteiger partial charge is 0.465 e.